The zero-order chi connectivity index (χ0) is 13.1. The van der Waals surface area contributed by atoms with Crippen LogP contribution in [0.25, 0.3) is 0 Å². The van der Waals surface area contributed by atoms with E-state index in [9.17, 15) is 0 Å². The first-order chi connectivity index (χ1) is 8.86. The predicted octanol–water partition coefficient (Wildman–Crippen LogP) is 1.77. The Morgan fingerprint density at radius 2 is 2.21 bits per heavy atom. The number of ether oxygens (including phenoxy) is 2. The molecule has 0 bridgehead atoms. The van der Waals surface area contributed by atoms with Crippen molar-refractivity contribution in [3.05, 3.63) is 0 Å². The van der Waals surface area contributed by atoms with Gasteiger partial charge >= 0.3 is 0 Å². The number of hydrogen-bond acceptors (Lipinski definition) is 3. The highest BCUT2D eigenvalue weighted by Gasteiger charge is 2.14. The predicted molar refractivity (Wildman–Crippen MR) is 89.5 cm³/mol. The molecule has 19 heavy (non-hydrogen) atoms. The monoisotopic (exact) mass is 385 g/mol. The molecule has 1 unspecified atom stereocenters. The number of rotatable bonds is 8. The molecule has 5 nitrogen and oxygen atoms in total. The van der Waals surface area contributed by atoms with E-state index in [0.717, 1.165) is 58.3 Å². The summed E-state index contributed by atoms with van der Waals surface area (Å²) in [6, 6.07) is 0. The summed E-state index contributed by atoms with van der Waals surface area (Å²) in [6.45, 7) is 9.07. The molecular formula is C13H28IN3O2. The molecule has 0 aromatic carbocycles. The largest absolute Gasteiger partial charge is 0.382 e. The van der Waals surface area contributed by atoms with Crippen molar-refractivity contribution in [2.24, 2.45) is 4.99 Å². The molecule has 1 saturated heterocycles. The molecule has 6 heteroatoms. The van der Waals surface area contributed by atoms with Gasteiger partial charge in [0.1, 0.15) is 0 Å². The van der Waals surface area contributed by atoms with Gasteiger partial charge in [-0.25, -0.2) is 0 Å². The maximum absolute atomic E-state index is 5.56. The third kappa shape index (κ3) is 9.45. The van der Waals surface area contributed by atoms with E-state index in [1.807, 2.05) is 6.92 Å². The number of guanidine groups is 1. The van der Waals surface area contributed by atoms with Gasteiger partial charge in [0, 0.05) is 32.9 Å². The maximum atomic E-state index is 5.56. The molecule has 1 aliphatic rings. The van der Waals surface area contributed by atoms with Crippen LogP contribution in [-0.2, 0) is 9.47 Å². The lowest BCUT2D eigenvalue weighted by molar-refractivity contribution is 0.117. The summed E-state index contributed by atoms with van der Waals surface area (Å²) in [4.78, 5) is 4.54. The Bertz CT molecular complexity index is 234. The lowest BCUT2D eigenvalue weighted by Crippen LogP contribution is -2.38. The van der Waals surface area contributed by atoms with Gasteiger partial charge in [0.05, 0.1) is 12.6 Å². The number of nitrogens with one attached hydrogen (secondary N) is 2. The van der Waals surface area contributed by atoms with Crippen molar-refractivity contribution in [2.45, 2.75) is 39.2 Å². The topological polar surface area (TPSA) is 54.9 Å². The van der Waals surface area contributed by atoms with Gasteiger partial charge in [-0.3, -0.25) is 4.99 Å². The molecule has 0 spiro atoms. The highest BCUT2D eigenvalue weighted by Crippen LogP contribution is 2.11. The molecule has 114 valence electrons. The van der Waals surface area contributed by atoms with Gasteiger partial charge < -0.3 is 20.1 Å². The van der Waals surface area contributed by atoms with Crippen LogP contribution >= 0.6 is 24.0 Å². The molecule has 0 amide bonds. The molecule has 1 atom stereocenters. The minimum absolute atomic E-state index is 0. The average Bonchev–Trinajstić information content (AvgIpc) is 2.88. The second kappa shape index (κ2) is 12.9. The Morgan fingerprint density at radius 1 is 1.37 bits per heavy atom. The van der Waals surface area contributed by atoms with E-state index in [-0.39, 0.29) is 24.0 Å². The number of hydrogen-bond donors (Lipinski definition) is 2. The van der Waals surface area contributed by atoms with E-state index < -0.39 is 0 Å². The molecular weight excluding hydrogens is 357 g/mol. The third-order valence-electron chi connectivity index (χ3n) is 2.78. The lowest BCUT2D eigenvalue weighted by Gasteiger charge is -2.12. The summed E-state index contributed by atoms with van der Waals surface area (Å²) in [5, 5.41) is 6.55. The van der Waals surface area contributed by atoms with Crippen molar-refractivity contribution < 1.29 is 9.47 Å². The summed E-state index contributed by atoms with van der Waals surface area (Å²) < 4.78 is 10.9. The first-order valence-electron chi connectivity index (χ1n) is 7.08. The van der Waals surface area contributed by atoms with Crippen molar-refractivity contribution in [1.82, 2.24) is 10.6 Å². The normalized spacial score (nSPS) is 19.1. The summed E-state index contributed by atoms with van der Waals surface area (Å²) in [7, 11) is 0. The summed E-state index contributed by atoms with van der Waals surface area (Å²) in [5.74, 6) is 0.879. The van der Waals surface area contributed by atoms with Crippen LogP contribution in [-0.4, -0.2) is 51.5 Å². The second-order valence-electron chi connectivity index (χ2n) is 4.33. The Hall–Kier alpha value is -0.0800. The van der Waals surface area contributed by atoms with Gasteiger partial charge in [-0.15, -0.1) is 24.0 Å². The average molecular weight is 385 g/mol. The molecule has 0 aromatic rings. The van der Waals surface area contributed by atoms with Crippen LogP contribution in [0.5, 0.6) is 0 Å². The fraction of sp³-hybridized carbons (Fsp3) is 0.923. The van der Waals surface area contributed by atoms with E-state index in [1.54, 1.807) is 0 Å². The number of halogens is 1. The molecule has 0 radical (unpaired) electrons. The maximum Gasteiger partial charge on any atom is 0.191 e. The van der Waals surface area contributed by atoms with Crippen LogP contribution < -0.4 is 10.6 Å². The Kier molecular flexibility index (Phi) is 12.9. The summed E-state index contributed by atoms with van der Waals surface area (Å²) >= 11 is 0. The highest BCUT2D eigenvalue weighted by molar-refractivity contribution is 14.0. The zero-order valence-electron chi connectivity index (χ0n) is 12.1. The fourth-order valence-electron chi connectivity index (χ4n) is 1.85. The molecule has 1 heterocycles. The van der Waals surface area contributed by atoms with Crippen molar-refractivity contribution in [3.8, 4) is 0 Å². The van der Waals surface area contributed by atoms with Crippen LogP contribution in [0, 0.1) is 0 Å². The standard InChI is InChI=1S/C13H27N3O2.HI/c1-3-14-13(15-8-6-9-17-4-2)16-11-12-7-5-10-18-12;/h12H,3-11H2,1-2H3,(H2,14,15,16);1H. The molecule has 1 fully saturated rings. The number of aliphatic imine (C=N–C) groups is 1. The van der Waals surface area contributed by atoms with Gasteiger partial charge in [-0.2, -0.15) is 0 Å². The van der Waals surface area contributed by atoms with Crippen molar-refractivity contribution in [1.29, 1.82) is 0 Å². The quantitative estimate of drug-likeness (QED) is 0.290. The SMILES string of the molecule is CCNC(=NCC1CCCO1)NCCCOCC.I. The minimum atomic E-state index is 0. The first kappa shape index (κ1) is 18.9. The minimum Gasteiger partial charge on any atom is -0.382 e. The molecule has 0 aromatic heterocycles. The van der Waals surface area contributed by atoms with E-state index in [2.05, 4.69) is 22.5 Å². The third-order valence-corrected chi connectivity index (χ3v) is 2.78. The molecule has 1 aliphatic heterocycles. The van der Waals surface area contributed by atoms with Gasteiger partial charge in [0.2, 0.25) is 0 Å². The highest BCUT2D eigenvalue weighted by atomic mass is 127. The summed E-state index contributed by atoms with van der Waals surface area (Å²) in [6.07, 6.45) is 3.60. The van der Waals surface area contributed by atoms with Gasteiger partial charge in [0.15, 0.2) is 5.96 Å². The number of nitrogens with zero attached hydrogens (tertiary/aromatic N) is 1. The van der Waals surface area contributed by atoms with E-state index in [1.165, 1.54) is 6.42 Å². The van der Waals surface area contributed by atoms with Crippen LogP contribution in [0.1, 0.15) is 33.1 Å². The Balaban J connectivity index is 0.00000324. The molecule has 1 rings (SSSR count). The smallest absolute Gasteiger partial charge is 0.191 e. The van der Waals surface area contributed by atoms with Gasteiger partial charge in [-0.1, -0.05) is 0 Å². The van der Waals surface area contributed by atoms with Crippen LogP contribution in [0.3, 0.4) is 0 Å². The van der Waals surface area contributed by atoms with Gasteiger partial charge in [0.25, 0.3) is 0 Å². The van der Waals surface area contributed by atoms with Crippen molar-refractivity contribution in [2.75, 3.05) is 39.5 Å². The van der Waals surface area contributed by atoms with E-state index in [4.69, 9.17) is 9.47 Å². The van der Waals surface area contributed by atoms with Crippen LogP contribution in [0.15, 0.2) is 4.99 Å². The van der Waals surface area contributed by atoms with Crippen LogP contribution in [0.2, 0.25) is 0 Å². The molecule has 0 aliphatic carbocycles. The van der Waals surface area contributed by atoms with Gasteiger partial charge in [-0.05, 0) is 33.1 Å². The van der Waals surface area contributed by atoms with Crippen LogP contribution in [0.4, 0.5) is 0 Å². The van der Waals surface area contributed by atoms with E-state index in [0.29, 0.717) is 6.10 Å². The Morgan fingerprint density at radius 3 is 2.84 bits per heavy atom. The van der Waals surface area contributed by atoms with E-state index >= 15 is 0 Å². The lowest BCUT2D eigenvalue weighted by atomic mass is 10.2. The summed E-state index contributed by atoms with van der Waals surface area (Å²) in [5.41, 5.74) is 0. The second-order valence-corrected chi connectivity index (χ2v) is 4.33. The van der Waals surface area contributed by atoms with Crippen molar-refractivity contribution in [3.63, 3.8) is 0 Å². The van der Waals surface area contributed by atoms with Crippen molar-refractivity contribution >= 4 is 29.9 Å². The fourth-order valence-corrected chi connectivity index (χ4v) is 1.85. The molecule has 0 saturated carbocycles. The first-order valence-corrected chi connectivity index (χ1v) is 7.08. The Labute approximate surface area is 133 Å². The molecule has 2 N–H and O–H groups in total. The zero-order valence-corrected chi connectivity index (χ0v) is 14.4.